The van der Waals surface area contributed by atoms with Gasteiger partial charge in [0.25, 0.3) is 0 Å². The van der Waals surface area contributed by atoms with Crippen molar-refractivity contribution in [3.05, 3.63) is 84.4 Å². The van der Waals surface area contributed by atoms with Gasteiger partial charge in [-0.1, -0.05) is 66.7 Å². The first kappa shape index (κ1) is 12.7. The molecule has 1 heterocycles. The third-order valence-corrected chi connectivity index (χ3v) is 3.70. The maximum absolute atomic E-state index is 4.77. The van der Waals surface area contributed by atoms with E-state index in [9.17, 15) is 0 Å². The van der Waals surface area contributed by atoms with Gasteiger partial charge in [0.1, 0.15) is 0 Å². The van der Waals surface area contributed by atoms with E-state index < -0.39 is 0 Å². The molecule has 0 amide bonds. The fraction of sp³-hybridized carbons (Fsp3) is 0. The van der Waals surface area contributed by atoms with Crippen LogP contribution in [0.15, 0.2) is 83.9 Å². The van der Waals surface area contributed by atoms with Crippen LogP contribution in [0.25, 0.3) is 21.8 Å². The largest absolute Gasteiger partial charge is 0.255 e. The van der Waals surface area contributed by atoms with Gasteiger partial charge in [0, 0.05) is 17.0 Å². The minimum absolute atomic E-state index is 0.974. The van der Waals surface area contributed by atoms with Gasteiger partial charge in [0.15, 0.2) is 0 Å². The smallest absolute Gasteiger partial charge is 0.0817 e. The highest BCUT2D eigenvalue weighted by Gasteiger charge is 2.06. The molecule has 3 aromatic carbocycles. The minimum atomic E-state index is 0.974. The first-order chi connectivity index (χ1) is 10.9. The van der Waals surface area contributed by atoms with Gasteiger partial charge in [0.05, 0.1) is 16.7 Å². The van der Waals surface area contributed by atoms with Crippen molar-refractivity contribution < 1.29 is 0 Å². The lowest BCUT2D eigenvalue weighted by Crippen LogP contribution is -1.85. The molecule has 0 bridgehead atoms. The average molecular weight is 282 g/mol. The maximum atomic E-state index is 4.77. The summed E-state index contributed by atoms with van der Waals surface area (Å²) in [6.07, 6.45) is 1.91. The molecule has 104 valence electrons. The number of nitrogens with zero attached hydrogens (tertiary/aromatic N) is 2. The molecule has 0 aliphatic carbocycles. The van der Waals surface area contributed by atoms with Crippen LogP contribution in [0.2, 0.25) is 0 Å². The number of aliphatic imine (C=N–C) groups is 1. The molecule has 2 heteroatoms. The number of benzene rings is 3. The second kappa shape index (κ2) is 5.41. The molecule has 22 heavy (non-hydrogen) atoms. The van der Waals surface area contributed by atoms with E-state index in [4.69, 9.17) is 9.98 Å². The van der Waals surface area contributed by atoms with Gasteiger partial charge >= 0.3 is 0 Å². The van der Waals surface area contributed by atoms with Crippen molar-refractivity contribution in [3.8, 4) is 0 Å². The topological polar surface area (TPSA) is 25.2 Å². The van der Waals surface area contributed by atoms with E-state index in [2.05, 4.69) is 24.3 Å². The summed E-state index contributed by atoms with van der Waals surface area (Å²) in [5.41, 5.74) is 4.01. The summed E-state index contributed by atoms with van der Waals surface area (Å²) < 4.78 is 0. The number of pyridine rings is 1. The van der Waals surface area contributed by atoms with Crippen LogP contribution in [0.5, 0.6) is 0 Å². The number of hydrogen-bond acceptors (Lipinski definition) is 2. The Kier molecular flexibility index (Phi) is 3.13. The fourth-order valence-corrected chi connectivity index (χ4v) is 2.63. The first-order valence-corrected chi connectivity index (χ1v) is 7.28. The molecule has 4 rings (SSSR count). The van der Waals surface area contributed by atoms with E-state index in [1.54, 1.807) is 0 Å². The van der Waals surface area contributed by atoms with Gasteiger partial charge in [-0.15, -0.1) is 0 Å². The predicted octanol–water partition coefficient (Wildman–Crippen LogP) is 5.14. The second-order valence-corrected chi connectivity index (χ2v) is 5.16. The van der Waals surface area contributed by atoms with E-state index in [1.807, 2.05) is 60.8 Å². The van der Waals surface area contributed by atoms with E-state index in [0.717, 1.165) is 33.1 Å². The van der Waals surface area contributed by atoms with Gasteiger partial charge < -0.3 is 0 Å². The summed E-state index contributed by atoms with van der Waals surface area (Å²) >= 11 is 0. The van der Waals surface area contributed by atoms with Crippen molar-refractivity contribution >= 4 is 33.7 Å². The molecular weight excluding hydrogens is 268 g/mol. The van der Waals surface area contributed by atoms with E-state index >= 15 is 0 Å². The Morgan fingerprint density at radius 3 is 1.82 bits per heavy atom. The Bertz CT molecular complexity index is 918. The molecule has 0 aliphatic heterocycles. The molecule has 0 spiro atoms. The zero-order valence-electron chi connectivity index (χ0n) is 12.0. The predicted molar refractivity (Wildman–Crippen MR) is 92.9 cm³/mol. The third kappa shape index (κ3) is 2.25. The van der Waals surface area contributed by atoms with Crippen LogP contribution in [0.1, 0.15) is 5.56 Å². The summed E-state index contributed by atoms with van der Waals surface area (Å²) in [6, 6.07) is 26.4. The number of para-hydroxylation sites is 2. The highest BCUT2D eigenvalue weighted by molar-refractivity contribution is 6.07. The molecular formula is C20H14N2. The van der Waals surface area contributed by atoms with E-state index in [-0.39, 0.29) is 0 Å². The van der Waals surface area contributed by atoms with Crippen LogP contribution >= 0.6 is 0 Å². The lowest BCUT2D eigenvalue weighted by Gasteiger charge is -2.06. The Hall–Kier alpha value is -3.00. The summed E-state index contributed by atoms with van der Waals surface area (Å²) in [5, 5.41) is 2.15. The summed E-state index contributed by atoms with van der Waals surface area (Å²) in [6.45, 7) is 0. The van der Waals surface area contributed by atoms with Crippen molar-refractivity contribution in [2.75, 3.05) is 0 Å². The van der Waals surface area contributed by atoms with Crippen molar-refractivity contribution in [1.82, 2.24) is 4.98 Å². The summed E-state index contributed by atoms with van der Waals surface area (Å²) in [4.78, 5) is 9.49. The number of rotatable bonds is 2. The zero-order valence-corrected chi connectivity index (χ0v) is 12.0. The van der Waals surface area contributed by atoms with Crippen LogP contribution in [0.3, 0.4) is 0 Å². The SMILES string of the molecule is C(=Nc1c2ccccc2nc2ccccc12)c1ccccc1. The van der Waals surface area contributed by atoms with Crippen LogP contribution in [0.4, 0.5) is 5.69 Å². The van der Waals surface area contributed by atoms with Gasteiger partial charge in [0.2, 0.25) is 0 Å². The molecule has 4 aromatic rings. The summed E-state index contributed by atoms with van der Waals surface area (Å²) in [5.74, 6) is 0. The van der Waals surface area contributed by atoms with Gasteiger partial charge in [-0.25, -0.2) is 4.98 Å². The Morgan fingerprint density at radius 1 is 0.636 bits per heavy atom. The molecule has 0 saturated carbocycles. The Labute approximate surface area is 128 Å². The minimum Gasteiger partial charge on any atom is -0.255 e. The molecule has 0 N–H and O–H groups in total. The van der Waals surface area contributed by atoms with Gasteiger partial charge in [-0.2, -0.15) is 0 Å². The number of fused-ring (bicyclic) bond motifs is 2. The van der Waals surface area contributed by atoms with Gasteiger partial charge in [-0.05, 0) is 17.7 Å². The van der Waals surface area contributed by atoms with Crippen molar-refractivity contribution in [2.24, 2.45) is 4.99 Å². The van der Waals surface area contributed by atoms with Crippen LogP contribution in [-0.4, -0.2) is 11.2 Å². The quantitative estimate of drug-likeness (QED) is 0.369. The van der Waals surface area contributed by atoms with Crippen LogP contribution < -0.4 is 0 Å². The first-order valence-electron chi connectivity index (χ1n) is 7.28. The molecule has 0 radical (unpaired) electrons. The molecule has 0 aliphatic rings. The lowest BCUT2D eigenvalue weighted by atomic mass is 10.1. The van der Waals surface area contributed by atoms with Gasteiger partial charge in [-0.3, -0.25) is 4.99 Å². The summed E-state index contributed by atoms with van der Waals surface area (Å²) in [7, 11) is 0. The van der Waals surface area contributed by atoms with Crippen molar-refractivity contribution in [1.29, 1.82) is 0 Å². The average Bonchev–Trinajstić information content (AvgIpc) is 2.59. The monoisotopic (exact) mass is 282 g/mol. The normalized spacial score (nSPS) is 11.5. The molecule has 1 aromatic heterocycles. The van der Waals surface area contributed by atoms with E-state index in [0.29, 0.717) is 0 Å². The molecule has 0 unspecified atom stereocenters. The van der Waals surface area contributed by atoms with Crippen molar-refractivity contribution in [2.45, 2.75) is 0 Å². The molecule has 2 nitrogen and oxygen atoms in total. The highest BCUT2D eigenvalue weighted by Crippen LogP contribution is 2.32. The van der Waals surface area contributed by atoms with Crippen LogP contribution in [-0.2, 0) is 0 Å². The second-order valence-electron chi connectivity index (χ2n) is 5.16. The number of hydrogen-bond donors (Lipinski definition) is 0. The highest BCUT2D eigenvalue weighted by atomic mass is 14.8. The Balaban J connectivity index is 1.98. The van der Waals surface area contributed by atoms with Crippen LogP contribution in [0, 0.1) is 0 Å². The molecule has 0 atom stereocenters. The standard InChI is InChI=1S/C20H14N2/c1-2-8-15(9-3-1)14-21-20-16-10-4-6-12-18(16)22-19-13-7-5-11-17(19)20/h1-14H. The van der Waals surface area contributed by atoms with Crippen molar-refractivity contribution in [3.63, 3.8) is 0 Å². The fourth-order valence-electron chi connectivity index (χ4n) is 2.63. The molecule has 0 saturated heterocycles. The third-order valence-electron chi connectivity index (χ3n) is 3.70. The number of aromatic nitrogens is 1. The Morgan fingerprint density at radius 2 is 1.18 bits per heavy atom. The zero-order chi connectivity index (χ0) is 14.8. The maximum Gasteiger partial charge on any atom is 0.0817 e. The lowest BCUT2D eigenvalue weighted by molar-refractivity contribution is 1.47. The van der Waals surface area contributed by atoms with E-state index in [1.165, 1.54) is 0 Å². The molecule has 0 fully saturated rings.